The molecule has 0 saturated carbocycles. The van der Waals surface area contributed by atoms with E-state index in [2.05, 4.69) is 21.2 Å². The number of benzene rings is 2. The van der Waals surface area contributed by atoms with Crippen molar-refractivity contribution in [2.24, 2.45) is 0 Å². The molecule has 2 rings (SSSR count). The average molecular weight is 408 g/mol. The Kier molecular flexibility index (Phi) is 6.70. The van der Waals surface area contributed by atoms with Gasteiger partial charge in [0.2, 0.25) is 0 Å². The summed E-state index contributed by atoms with van der Waals surface area (Å²) in [7, 11) is 3.17. The van der Waals surface area contributed by atoms with Crippen LogP contribution in [0.1, 0.15) is 25.5 Å². The molecule has 134 valence electrons. The van der Waals surface area contributed by atoms with Crippen LogP contribution < -0.4 is 19.5 Å². The van der Waals surface area contributed by atoms with Crippen LogP contribution in [0.25, 0.3) is 0 Å². The third-order valence-corrected chi connectivity index (χ3v) is 4.29. The number of methoxy groups -OCH3 is 2. The van der Waals surface area contributed by atoms with Gasteiger partial charge >= 0.3 is 0 Å². The van der Waals surface area contributed by atoms with Crippen LogP contribution in [0.4, 0.5) is 0 Å². The summed E-state index contributed by atoms with van der Waals surface area (Å²) in [5, 5.41) is 2.95. The first kappa shape index (κ1) is 19.1. The number of amides is 1. The van der Waals surface area contributed by atoms with Crippen LogP contribution >= 0.6 is 15.9 Å². The Labute approximate surface area is 156 Å². The Morgan fingerprint density at radius 3 is 2.24 bits per heavy atom. The van der Waals surface area contributed by atoms with E-state index in [1.165, 1.54) is 0 Å². The molecule has 0 radical (unpaired) electrons. The van der Waals surface area contributed by atoms with Crippen molar-refractivity contribution in [1.29, 1.82) is 0 Å². The minimum absolute atomic E-state index is 0.190. The molecule has 2 aromatic rings. The maximum atomic E-state index is 12.4. The third-order valence-electron chi connectivity index (χ3n) is 3.76. The molecule has 25 heavy (non-hydrogen) atoms. The zero-order valence-electron chi connectivity index (χ0n) is 14.7. The van der Waals surface area contributed by atoms with E-state index in [0.29, 0.717) is 17.2 Å². The van der Waals surface area contributed by atoms with Crippen molar-refractivity contribution in [3.05, 3.63) is 52.5 Å². The number of hydrogen-bond donors (Lipinski definition) is 1. The van der Waals surface area contributed by atoms with Crippen LogP contribution in [-0.2, 0) is 4.79 Å². The predicted molar refractivity (Wildman–Crippen MR) is 100 cm³/mol. The lowest BCUT2D eigenvalue weighted by molar-refractivity contribution is -0.127. The van der Waals surface area contributed by atoms with E-state index in [9.17, 15) is 4.79 Å². The molecule has 0 fully saturated rings. The summed E-state index contributed by atoms with van der Waals surface area (Å²) < 4.78 is 17.2. The van der Waals surface area contributed by atoms with Gasteiger partial charge in [-0.1, -0.05) is 22.0 Å². The van der Waals surface area contributed by atoms with Crippen LogP contribution in [0.15, 0.2) is 46.9 Å². The second-order valence-corrected chi connectivity index (χ2v) is 6.47. The number of nitrogens with one attached hydrogen (secondary N) is 1. The van der Waals surface area contributed by atoms with Crippen molar-refractivity contribution < 1.29 is 19.0 Å². The highest BCUT2D eigenvalue weighted by molar-refractivity contribution is 9.10. The number of rotatable bonds is 7. The van der Waals surface area contributed by atoms with Gasteiger partial charge in [0.15, 0.2) is 17.6 Å². The molecule has 0 spiro atoms. The fraction of sp³-hybridized carbons (Fsp3) is 0.316. The van der Waals surface area contributed by atoms with Gasteiger partial charge < -0.3 is 19.5 Å². The second kappa shape index (κ2) is 8.76. The smallest absolute Gasteiger partial charge is 0.261 e. The third kappa shape index (κ3) is 5.13. The quantitative estimate of drug-likeness (QED) is 0.749. The van der Waals surface area contributed by atoms with Crippen molar-refractivity contribution in [3.63, 3.8) is 0 Å². The molecule has 2 unspecified atom stereocenters. The topological polar surface area (TPSA) is 56.8 Å². The minimum atomic E-state index is -0.608. The lowest BCUT2D eigenvalue weighted by Gasteiger charge is -2.20. The lowest BCUT2D eigenvalue weighted by Crippen LogP contribution is -2.37. The first-order chi connectivity index (χ1) is 11.9. The van der Waals surface area contributed by atoms with Gasteiger partial charge in [-0.05, 0) is 55.8 Å². The highest BCUT2D eigenvalue weighted by Gasteiger charge is 2.18. The molecule has 5 nitrogen and oxygen atoms in total. The Balaban J connectivity index is 2.00. The van der Waals surface area contributed by atoms with E-state index in [-0.39, 0.29) is 11.9 Å². The number of carbonyl (C=O) groups is 1. The highest BCUT2D eigenvalue weighted by atomic mass is 79.9. The molecule has 1 amide bonds. The van der Waals surface area contributed by atoms with Gasteiger partial charge in [0, 0.05) is 4.47 Å². The number of hydrogen-bond acceptors (Lipinski definition) is 4. The molecule has 0 aliphatic carbocycles. The van der Waals surface area contributed by atoms with Crippen LogP contribution in [-0.4, -0.2) is 26.2 Å². The van der Waals surface area contributed by atoms with E-state index < -0.39 is 6.10 Å². The standard InChI is InChI=1S/C19H22BrNO4/c1-12(14-5-10-17(23-3)18(11-14)24-4)21-19(22)13(2)25-16-8-6-15(20)7-9-16/h5-13H,1-4H3,(H,21,22). The summed E-state index contributed by atoms with van der Waals surface area (Å²) in [4.78, 5) is 12.4. The van der Waals surface area contributed by atoms with Gasteiger partial charge in [-0.3, -0.25) is 4.79 Å². The van der Waals surface area contributed by atoms with Crippen LogP contribution in [0, 0.1) is 0 Å². The molecular weight excluding hydrogens is 386 g/mol. The fourth-order valence-corrected chi connectivity index (χ4v) is 2.57. The Morgan fingerprint density at radius 1 is 1.00 bits per heavy atom. The zero-order valence-corrected chi connectivity index (χ0v) is 16.3. The van der Waals surface area contributed by atoms with Gasteiger partial charge in [0.25, 0.3) is 5.91 Å². The van der Waals surface area contributed by atoms with Crippen LogP contribution in [0.2, 0.25) is 0 Å². The van der Waals surface area contributed by atoms with E-state index in [4.69, 9.17) is 14.2 Å². The monoisotopic (exact) mass is 407 g/mol. The summed E-state index contributed by atoms with van der Waals surface area (Å²) in [5.41, 5.74) is 0.918. The van der Waals surface area contributed by atoms with E-state index in [1.807, 2.05) is 49.4 Å². The molecule has 0 heterocycles. The second-order valence-electron chi connectivity index (χ2n) is 5.56. The lowest BCUT2D eigenvalue weighted by atomic mass is 10.1. The summed E-state index contributed by atoms with van der Waals surface area (Å²) in [5.74, 6) is 1.73. The molecule has 6 heteroatoms. The molecule has 1 N–H and O–H groups in total. The van der Waals surface area contributed by atoms with Crippen molar-refractivity contribution in [3.8, 4) is 17.2 Å². The van der Waals surface area contributed by atoms with Gasteiger partial charge in [-0.15, -0.1) is 0 Å². The van der Waals surface area contributed by atoms with Crippen molar-refractivity contribution in [2.45, 2.75) is 26.0 Å². The Hall–Kier alpha value is -2.21. The van der Waals surface area contributed by atoms with Crippen molar-refractivity contribution >= 4 is 21.8 Å². The summed E-state index contributed by atoms with van der Waals surface area (Å²) in [6.07, 6.45) is -0.608. The largest absolute Gasteiger partial charge is 0.493 e. The predicted octanol–water partition coefficient (Wildman–Crippen LogP) is 4.11. The Bertz CT molecular complexity index is 718. The van der Waals surface area contributed by atoms with E-state index in [1.54, 1.807) is 21.1 Å². The molecular formula is C19H22BrNO4. The number of halogens is 1. The molecule has 0 aromatic heterocycles. The van der Waals surface area contributed by atoms with Crippen molar-refractivity contribution in [2.75, 3.05) is 14.2 Å². The Morgan fingerprint density at radius 2 is 1.64 bits per heavy atom. The average Bonchev–Trinajstić information content (AvgIpc) is 2.62. The minimum Gasteiger partial charge on any atom is -0.493 e. The van der Waals surface area contributed by atoms with Gasteiger partial charge in [0.1, 0.15) is 5.75 Å². The van der Waals surface area contributed by atoms with Crippen molar-refractivity contribution in [1.82, 2.24) is 5.32 Å². The fourth-order valence-electron chi connectivity index (χ4n) is 2.31. The summed E-state index contributed by atoms with van der Waals surface area (Å²) >= 11 is 3.37. The first-order valence-electron chi connectivity index (χ1n) is 7.89. The van der Waals surface area contributed by atoms with Crippen LogP contribution in [0.3, 0.4) is 0 Å². The van der Waals surface area contributed by atoms with Gasteiger partial charge in [-0.25, -0.2) is 0 Å². The SMILES string of the molecule is COc1ccc(C(C)NC(=O)C(C)Oc2ccc(Br)cc2)cc1OC. The molecule has 2 atom stereocenters. The zero-order chi connectivity index (χ0) is 18.4. The first-order valence-corrected chi connectivity index (χ1v) is 8.68. The summed E-state index contributed by atoms with van der Waals surface area (Å²) in [6.45, 7) is 3.63. The van der Waals surface area contributed by atoms with Gasteiger partial charge in [-0.2, -0.15) is 0 Å². The maximum Gasteiger partial charge on any atom is 0.261 e. The van der Waals surface area contributed by atoms with E-state index in [0.717, 1.165) is 10.0 Å². The number of ether oxygens (including phenoxy) is 3. The molecule has 0 saturated heterocycles. The summed E-state index contributed by atoms with van der Waals surface area (Å²) in [6, 6.07) is 12.7. The van der Waals surface area contributed by atoms with Crippen LogP contribution in [0.5, 0.6) is 17.2 Å². The molecule has 0 aliphatic heterocycles. The molecule has 0 bridgehead atoms. The highest BCUT2D eigenvalue weighted by Crippen LogP contribution is 2.30. The molecule has 2 aromatic carbocycles. The maximum absolute atomic E-state index is 12.4. The normalized spacial score (nSPS) is 12.8. The van der Waals surface area contributed by atoms with Gasteiger partial charge in [0.05, 0.1) is 20.3 Å². The number of carbonyl (C=O) groups excluding carboxylic acids is 1. The molecule has 0 aliphatic rings. The van der Waals surface area contributed by atoms with E-state index >= 15 is 0 Å².